The third kappa shape index (κ3) is 2.16. The highest BCUT2D eigenvalue weighted by atomic mass is 35.5. The summed E-state index contributed by atoms with van der Waals surface area (Å²) in [6, 6.07) is 1.66. The second kappa shape index (κ2) is 4.96. The zero-order valence-electron chi connectivity index (χ0n) is 10.4. The van der Waals surface area contributed by atoms with Gasteiger partial charge in [0.2, 0.25) is 5.22 Å². The van der Waals surface area contributed by atoms with Crippen LogP contribution in [0, 0.1) is 11.8 Å². The molecule has 1 saturated carbocycles. The van der Waals surface area contributed by atoms with Crippen molar-refractivity contribution < 1.29 is 9.21 Å². The number of fused-ring (bicyclic) bond motifs is 1. The minimum atomic E-state index is 0.0257. The smallest absolute Gasteiger partial charge is 0.258 e. The second-order valence-corrected chi connectivity index (χ2v) is 5.80. The molecule has 0 aromatic carbocycles. The van der Waals surface area contributed by atoms with E-state index >= 15 is 0 Å². The van der Waals surface area contributed by atoms with Crippen LogP contribution in [0.1, 0.15) is 42.5 Å². The Balaban J connectivity index is 1.70. The molecule has 98 valence electrons. The molecule has 1 aliphatic carbocycles. The van der Waals surface area contributed by atoms with Crippen molar-refractivity contribution in [2.24, 2.45) is 11.8 Å². The van der Waals surface area contributed by atoms with Crippen LogP contribution in [0.25, 0.3) is 0 Å². The van der Waals surface area contributed by atoms with Gasteiger partial charge in [-0.15, -0.1) is 0 Å². The molecule has 3 nitrogen and oxygen atoms in total. The van der Waals surface area contributed by atoms with Gasteiger partial charge in [-0.05, 0) is 42.3 Å². The maximum atomic E-state index is 12.3. The first kappa shape index (κ1) is 12.1. The Morgan fingerprint density at radius 1 is 1.28 bits per heavy atom. The standard InChI is InChI=1S/C14H18ClNO2/c15-13-12(6-8-18-13)14(17)16-7-5-10-3-1-2-4-11(10)9-16/h6,8,10-11H,1-5,7,9H2. The first-order valence-electron chi connectivity index (χ1n) is 6.78. The number of rotatable bonds is 1. The van der Waals surface area contributed by atoms with Crippen molar-refractivity contribution in [1.29, 1.82) is 0 Å². The number of carbonyl (C=O) groups excluding carboxylic acids is 1. The number of furan rings is 1. The molecule has 0 N–H and O–H groups in total. The molecule has 2 fully saturated rings. The van der Waals surface area contributed by atoms with Gasteiger partial charge in [0, 0.05) is 13.1 Å². The molecule has 0 radical (unpaired) electrons. The third-order valence-corrected chi connectivity index (χ3v) is 4.72. The van der Waals surface area contributed by atoms with Crippen LogP contribution in [0.15, 0.2) is 16.7 Å². The summed E-state index contributed by atoms with van der Waals surface area (Å²) in [5.41, 5.74) is 0.505. The van der Waals surface area contributed by atoms with E-state index in [2.05, 4.69) is 0 Å². The molecule has 2 heterocycles. The van der Waals surface area contributed by atoms with E-state index in [0.717, 1.165) is 25.4 Å². The van der Waals surface area contributed by atoms with E-state index in [4.69, 9.17) is 16.0 Å². The summed E-state index contributed by atoms with van der Waals surface area (Å²) in [6.45, 7) is 1.76. The topological polar surface area (TPSA) is 33.5 Å². The molecule has 4 heteroatoms. The van der Waals surface area contributed by atoms with Crippen LogP contribution in [-0.2, 0) is 0 Å². The first-order chi connectivity index (χ1) is 8.75. The number of piperidine rings is 1. The number of nitrogens with zero attached hydrogens (tertiary/aromatic N) is 1. The number of amides is 1. The molecule has 0 bridgehead atoms. The maximum Gasteiger partial charge on any atom is 0.258 e. The monoisotopic (exact) mass is 267 g/mol. The highest BCUT2D eigenvalue weighted by Crippen LogP contribution is 2.36. The van der Waals surface area contributed by atoms with Crippen LogP contribution >= 0.6 is 11.6 Å². The van der Waals surface area contributed by atoms with E-state index in [1.807, 2.05) is 4.90 Å². The molecule has 2 aliphatic rings. The van der Waals surface area contributed by atoms with Crippen molar-refractivity contribution in [2.45, 2.75) is 32.1 Å². The Kier molecular flexibility index (Phi) is 3.33. The largest absolute Gasteiger partial charge is 0.452 e. The quantitative estimate of drug-likeness (QED) is 0.779. The summed E-state index contributed by atoms with van der Waals surface area (Å²) in [7, 11) is 0. The zero-order chi connectivity index (χ0) is 12.5. The van der Waals surface area contributed by atoms with E-state index in [1.54, 1.807) is 6.07 Å². The van der Waals surface area contributed by atoms with Gasteiger partial charge >= 0.3 is 0 Å². The lowest BCUT2D eigenvalue weighted by atomic mass is 9.75. The fraction of sp³-hybridized carbons (Fsp3) is 0.643. The van der Waals surface area contributed by atoms with Gasteiger partial charge in [-0.3, -0.25) is 4.79 Å². The lowest BCUT2D eigenvalue weighted by molar-refractivity contribution is 0.0520. The van der Waals surface area contributed by atoms with Crippen LogP contribution in [0.4, 0.5) is 0 Å². The van der Waals surface area contributed by atoms with E-state index < -0.39 is 0 Å². The molecule has 0 spiro atoms. The van der Waals surface area contributed by atoms with Crippen LogP contribution in [0.2, 0.25) is 5.22 Å². The van der Waals surface area contributed by atoms with E-state index in [1.165, 1.54) is 31.9 Å². The fourth-order valence-corrected chi connectivity index (χ4v) is 3.60. The predicted molar refractivity (Wildman–Crippen MR) is 69.7 cm³/mol. The fourth-order valence-electron chi connectivity index (χ4n) is 3.40. The number of hydrogen-bond acceptors (Lipinski definition) is 2. The summed E-state index contributed by atoms with van der Waals surface area (Å²) in [4.78, 5) is 14.3. The molecule has 2 atom stereocenters. The van der Waals surface area contributed by atoms with Crippen molar-refractivity contribution in [3.05, 3.63) is 23.1 Å². The van der Waals surface area contributed by atoms with Gasteiger partial charge in [-0.25, -0.2) is 0 Å². The van der Waals surface area contributed by atoms with E-state index in [9.17, 15) is 4.79 Å². The highest BCUT2D eigenvalue weighted by Gasteiger charge is 2.33. The van der Waals surface area contributed by atoms with Crippen LogP contribution < -0.4 is 0 Å². The van der Waals surface area contributed by atoms with Crippen LogP contribution in [0.5, 0.6) is 0 Å². The highest BCUT2D eigenvalue weighted by molar-refractivity contribution is 6.32. The Morgan fingerprint density at radius 3 is 2.78 bits per heavy atom. The molecule has 1 aromatic heterocycles. The average Bonchev–Trinajstić information content (AvgIpc) is 2.83. The van der Waals surface area contributed by atoms with Crippen molar-refractivity contribution in [3.63, 3.8) is 0 Å². The molecular weight excluding hydrogens is 250 g/mol. The van der Waals surface area contributed by atoms with E-state index in [0.29, 0.717) is 11.5 Å². The first-order valence-corrected chi connectivity index (χ1v) is 7.16. The normalized spacial score (nSPS) is 27.9. The van der Waals surface area contributed by atoms with Crippen molar-refractivity contribution in [2.75, 3.05) is 13.1 Å². The summed E-state index contributed by atoms with van der Waals surface area (Å²) in [6.07, 6.45) is 7.92. The van der Waals surface area contributed by atoms with Gasteiger partial charge in [-0.1, -0.05) is 19.3 Å². The number of halogens is 1. The van der Waals surface area contributed by atoms with Crippen molar-refractivity contribution in [3.8, 4) is 0 Å². The zero-order valence-corrected chi connectivity index (χ0v) is 11.2. The maximum absolute atomic E-state index is 12.3. The summed E-state index contributed by atoms with van der Waals surface area (Å²) >= 11 is 5.88. The number of likely N-dealkylation sites (tertiary alicyclic amines) is 1. The van der Waals surface area contributed by atoms with Gasteiger partial charge in [0.1, 0.15) is 0 Å². The summed E-state index contributed by atoms with van der Waals surface area (Å²) in [5.74, 6) is 1.56. The van der Waals surface area contributed by atoms with Crippen molar-refractivity contribution >= 4 is 17.5 Å². The summed E-state index contributed by atoms with van der Waals surface area (Å²) in [5, 5.41) is 0.214. The van der Waals surface area contributed by atoms with Crippen molar-refractivity contribution in [1.82, 2.24) is 4.90 Å². The van der Waals surface area contributed by atoms with Gasteiger partial charge in [0.25, 0.3) is 5.91 Å². The Hall–Kier alpha value is -0.960. The lowest BCUT2D eigenvalue weighted by Gasteiger charge is -2.41. The van der Waals surface area contributed by atoms with Crippen LogP contribution in [0.3, 0.4) is 0 Å². The minimum absolute atomic E-state index is 0.0257. The number of hydrogen-bond donors (Lipinski definition) is 0. The molecule has 1 saturated heterocycles. The molecular formula is C14H18ClNO2. The molecule has 3 rings (SSSR count). The molecule has 18 heavy (non-hydrogen) atoms. The molecule has 2 unspecified atom stereocenters. The lowest BCUT2D eigenvalue weighted by Crippen LogP contribution is -2.44. The Labute approximate surface area is 112 Å². The molecule has 1 aromatic rings. The van der Waals surface area contributed by atoms with Gasteiger partial charge < -0.3 is 9.32 Å². The van der Waals surface area contributed by atoms with Gasteiger partial charge in [0.05, 0.1) is 11.8 Å². The SMILES string of the molecule is O=C(c1ccoc1Cl)N1CCC2CCCCC2C1. The predicted octanol–water partition coefficient (Wildman–Crippen LogP) is 3.59. The van der Waals surface area contributed by atoms with Gasteiger partial charge in [-0.2, -0.15) is 0 Å². The van der Waals surface area contributed by atoms with Crippen LogP contribution in [-0.4, -0.2) is 23.9 Å². The average molecular weight is 268 g/mol. The van der Waals surface area contributed by atoms with E-state index in [-0.39, 0.29) is 11.1 Å². The Morgan fingerprint density at radius 2 is 2.06 bits per heavy atom. The Bertz CT molecular complexity index is 443. The molecule has 1 amide bonds. The molecule has 1 aliphatic heterocycles. The second-order valence-electron chi connectivity index (χ2n) is 5.45. The third-order valence-electron chi connectivity index (χ3n) is 4.43. The van der Waals surface area contributed by atoms with Gasteiger partial charge in [0.15, 0.2) is 0 Å². The number of carbonyl (C=O) groups is 1. The summed E-state index contributed by atoms with van der Waals surface area (Å²) < 4.78 is 5.00. The minimum Gasteiger partial charge on any atom is -0.452 e.